The smallest absolute Gasteiger partial charge is 0.236 e. The molecule has 2 N–H and O–H groups in total. The molecule has 146 valence electrons. The first-order chi connectivity index (χ1) is 14.2. The van der Waals surface area contributed by atoms with Gasteiger partial charge in [-0.05, 0) is 24.3 Å². The number of thiazole rings is 1. The molecular weight excluding hydrogens is 406 g/mol. The van der Waals surface area contributed by atoms with E-state index in [2.05, 4.69) is 25.5 Å². The Bertz CT molecular complexity index is 1090. The normalized spacial score (nSPS) is 10.7. The van der Waals surface area contributed by atoms with Gasteiger partial charge < -0.3 is 10.1 Å². The largest absolute Gasteiger partial charge is 0.497 e. The maximum atomic E-state index is 12.2. The second-order valence-electron chi connectivity index (χ2n) is 5.94. The number of amides is 1. The Hall–Kier alpha value is -3.17. The van der Waals surface area contributed by atoms with Crippen LogP contribution in [0.3, 0.4) is 0 Å². The summed E-state index contributed by atoms with van der Waals surface area (Å²) in [6.45, 7) is 0. The molecule has 2 aromatic heterocycles. The van der Waals surface area contributed by atoms with E-state index in [0.29, 0.717) is 16.1 Å². The third-order valence-corrected chi connectivity index (χ3v) is 5.59. The molecule has 4 aromatic rings. The SMILES string of the molecule is COc1ccc(-c2nc(SCC(=O)Nc3nc(-c4ccccc4)cs3)n[nH]2)cc1. The number of ether oxygens (including phenoxy) is 1. The highest BCUT2D eigenvalue weighted by molar-refractivity contribution is 7.99. The van der Waals surface area contributed by atoms with Crippen molar-refractivity contribution in [1.29, 1.82) is 0 Å². The number of carbonyl (C=O) groups excluding carboxylic acids is 1. The lowest BCUT2D eigenvalue weighted by atomic mass is 10.2. The van der Waals surface area contributed by atoms with Crippen LogP contribution in [0.1, 0.15) is 0 Å². The molecule has 2 aromatic carbocycles. The van der Waals surface area contributed by atoms with Gasteiger partial charge in [0.05, 0.1) is 18.6 Å². The van der Waals surface area contributed by atoms with Crippen LogP contribution in [0, 0.1) is 0 Å². The number of rotatable bonds is 7. The van der Waals surface area contributed by atoms with Crippen molar-refractivity contribution in [3.05, 3.63) is 60.0 Å². The summed E-state index contributed by atoms with van der Waals surface area (Å²) in [5, 5.41) is 12.9. The number of hydrogen-bond donors (Lipinski definition) is 2. The predicted octanol–water partition coefficient (Wildman–Crippen LogP) is 4.33. The van der Waals surface area contributed by atoms with Crippen molar-refractivity contribution in [2.24, 2.45) is 0 Å². The van der Waals surface area contributed by atoms with Gasteiger partial charge in [-0.15, -0.1) is 16.4 Å². The first-order valence-corrected chi connectivity index (χ1v) is 10.6. The number of carbonyl (C=O) groups is 1. The molecule has 0 fully saturated rings. The fraction of sp³-hybridized carbons (Fsp3) is 0.100. The molecule has 9 heteroatoms. The standard InChI is InChI=1S/C20H17N5O2S2/c1-27-15-9-7-14(8-10-15)18-23-20(25-24-18)29-12-17(26)22-19-21-16(11-28-19)13-5-3-2-4-6-13/h2-11H,12H2,1H3,(H,21,22,26)(H,23,24,25). The maximum absolute atomic E-state index is 12.2. The summed E-state index contributed by atoms with van der Waals surface area (Å²) >= 11 is 2.66. The third-order valence-electron chi connectivity index (χ3n) is 3.98. The van der Waals surface area contributed by atoms with E-state index < -0.39 is 0 Å². The zero-order valence-electron chi connectivity index (χ0n) is 15.5. The topological polar surface area (TPSA) is 92.8 Å². The summed E-state index contributed by atoms with van der Waals surface area (Å²) in [7, 11) is 1.62. The van der Waals surface area contributed by atoms with E-state index in [1.165, 1.54) is 23.1 Å². The summed E-state index contributed by atoms with van der Waals surface area (Å²) in [6, 6.07) is 17.4. The highest BCUT2D eigenvalue weighted by atomic mass is 32.2. The monoisotopic (exact) mass is 423 g/mol. The van der Waals surface area contributed by atoms with E-state index in [-0.39, 0.29) is 11.7 Å². The molecular formula is C20H17N5O2S2. The second kappa shape index (κ2) is 8.89. The molecule has 1 amide bonds. The molecule has 0 radical (unpaired) electrons. The van der Waals surface area contributed by atoms with Gasteiger partial charge in [-0.25, -0.2) is 9.97 Å². The fourth-order valence-corrected chi connectivity index (χ4v) is 3.88. The van der Waals surface area contributed by atoms with Crippen molar-refractivity contribution in [2.45, 2.75) is 5.16 Å². The first kappa shape index (κ1) is 19.2. The molecule has 4 rings (SSSR count). The minimum Gasteiger partial charge on any atom is -0.497 e. The van der Waals surface area contributed by atoms with Crippen LogP contribution < -0.4 is 10.1 Å². The first-order valence-electron chi connectivity index (χ1n) is 8.72. The van der Waals surface area contributed by atoms with E-state index in [4.69, 9.17) is 4.74 Å². The van der Waals surface area contributed by atoms with Crippen molar-refractivity contribution >= 4 is 34.1 Å². The molecule has 0 aliphatic heterocycles. The second-order valence-corrected chi connectivity index (χ2v) is 7.74. The van der Waals surface area contributed by atoms with Gasteiger partial charge in [0.25, 0.3) is 0 Å². The van der Waals surface area contributed by atoms with Crippen LogP contribution in [0.5, 0.6) is 5.75 Å². The molecule has 2 heterocycles. The highest BCUT2D eigenvalue weighted by Gasteiger charge is 2.11. The van der Waals surface area contributed by atoms with Crippen LogP contribution in [0.25, 0.3) is 22.6 Å². The molecule has 7 nitrogen and oxygen atoms in total. The van der Waals surface area contributed by atoms with Gasteiger partial charge in [0, 0.05) is 16.5 Å². The number of hydrogen-bond acceptors (Lipinski definition) is 7. The number of nitrogens with zero attached hydrogens (tertiary/aromatic N) is 3. The van der Waals surface area contributed by atoms with Crippen molar-refractivity contribution in [3.8, 4) is 28.4 Å². The third kappa shape index (κ3) is 4.82. The summed E-state index contributed by atoms with van der Waals surface area (Å²) in [4.78, 5) is 21.1. The molecule has 0 spiro atoms. The number of aromatic amines is 1. The minimum atomic E-state index is -0.153. The van der Waals surface area contributed by atoms with Crippen LogP contribution >= 0.6 is 23.1 Å². The Balaban J connectivity index is 1.32. The molecule has 0 saturated heterocycles. The quantitative estimate of drug-likeness (QED) is 0.430. The summed E-state index contributed by atoms with van der Waals surface area (Å²) in [6.07, 6.45) is 0. The summed E-state index contributed by atoms with van der Waals surface area (Å²) in [5.41, 5.74) is 2.76. The van der Waals surface area contributed by atoms with Gasteiger partial charge in [0.15, 0.2) is 11.0 Å². The van der Waals surface area contributed by atoms with Crippen LogP contribution in [-0.4, -0.2) is 38.9 Å². The molecule has 0 aliphatic carbocycles. The van der Waals surface area contributed by atoms with Crippen LogP contribution in [0.4, 0.5) is 5.13 Å². The lowest BCUT2D eigenvalue weighted by molar-refractivity contribution is -0.113. The number of methoxy groups -OCH3 is 1. The number of anilines is 1. The predicted molar refractivity (Wildman–Crippen MR) is 115 cm³/mol. The van der Waals surface area contributed by atoms with Gasteiger partial charge in [0.1, 0.15) is 5.75 Å². The highest BCUT2D eigenvalue weighted by Crippen LogP contribution is 2.25. The van der Waals surface area contributed by atoms with E-state index in [0.717, 1.165) is 22.6 Å². The van der Waals surface area contributed by atoms with Gasteiger partial charge >= 0.3 is 0 Å². The zero-order valence-corrected chi connectivity index (χ0v) is 17.1. The summed E-state index contributed by atoms with van der Waals surface area (Å²) in [5.74, 6) is 1.46. The molecule has 0 bridgehead atoms. The van der Waals surface area contributed by atoms with Gasteiger partial charge in [-0.2, -0.15) is 0 Å². The Morgan fingerprint density at radius 3 is 2.66 bits per heavy atom. The van der Waals surface area contributed by atoms with Crippen molar-refractivity contribution in [1.82, 2.24) is 20.2 Å². The number of H-pyrrole nitrogens is 1. The van der Waals surface area contributed by atoms with Gasteiger partial charge in [-0.3, -0.25) is 9.89 Å². The average Bonchev–Trinajstić information content (AvgIpc) is 3.43. The number of aromatic nitrogens is 4. The van der Waals surface area contributed by atoms with Crippen LogP contribution in [0.2, 0.25) is 0 Å². The van der Waals surface area contributed by atoms with Gasteiger partial charge in [0.2, 0.25) is 11.1 Å². The van der Waals surface area contributed by atoms with Crippen LogP contribution in [-0.2, 0) is 4.79 Å². The lowest BCUT2D eigenvalue weighted by Crippen LogP contribution is -2.13. The van der Waals surface area contributed by atoms with Crippen molar-refractivity contribution in [3.63, 3.8) is 0 Å². The Morgan fingerprint density at radius 1 is 1.10 bits per heavy atom. The Kier molecular flexibility index (Phi) is 5.87. The average molecular weight is 424 g/mol. The maximum Gasteiger partial charge on any atom is 0.236 e. The Labute approximate surface area is 175 Å². The molecule has 29 heavy (non-hydrogen) atoms. The fourth-order valence-electron chi connectivity index (χ4n) is 2.55. The molecule has 0 atom stereocenters. The van der Waals surface area contributed by atoms with E-state index in [1.807, 2.05) is 60.0 Å². The van der Waals surface area contributed by atoms with Crippen LogP contribution in [0.15, 0.2) is 65.1 Å². The van der Waals surface area contributed by atoms with E-state index >= 15 is 0 Å². The number of benzene rings is 2. The zero-order chi connectivity index (χ0) is 20.1. The minimum absolute atomic E-state index is 0.153. The lowest BCUT2D eigenvalue weighted by Gasteiger charge is -2.00. The number of thioether (sulfide) groups is 1. The molecule has 0 saturated carbocycles. The van der Waals surface area contributed by atoms with E-state index in [1.54, 1.807) is 7.11 Å². The molecule has 0 aliphatic rings. The van der Waals surface area contributed by atoms with E-state index in [9.17, 15) is 4.79 Å². The number of nitrogens with one attached hydrogen (secondary N) is 2. The van der Waals surface area contributed by atoms with Crippen molar-refractivity contribution in [2.75, 3.05) is 18.2 Å². The van der Waals surface area contributed by atoms with Gasteiger partial charge in [-0.1, -0.05) is 42.1 Å². The molecule has 0 unspecified atom stereocenters. The van der Waals surface area contributed by atoms with Crippen molar-refractivity contribution < 1.29 is 9.53 Å². The summed E-state index contributed by atoms with van der Waals surface area (Å²) < 4.78 is 5.15. The Morgan fingerprint density at radius 2 is 1.90 bits per heavy atom.